The summed E-state index contributed by atoms with van der Waals surface area (Å²) in [5.74, 6) is -0.362. The van der Waals surface area contributed by atoms with Gasteiger partial charge in [0.25, 0.3) is 0 Å². The van der Waals surface area contributed by atoms with Crippen LogP contribution in [0.1, 0.15) is 31.1 Å². The van der Waals surface area contributed by atoms with E-state index in [4.69, 9.17) is 0 Å². The molecule has 1 rings (SSSR count). The minimum absolute atomic E-state index is 0.347. The molecule has 0 bridgehead atoms. The van der Waals surface area contributed by atoms with E-state index in [2.05, 4.69) is 15.9 Å². The molecule has 1 unspecified atom stereocenters. The van der Waals surface area contributed by atoms with Crippen LogP contribution in [0.4, 0.5) is 4.39 Å². The van der Waals surface area contributed by atoms with Gasteiger partial charge in [-0.3, -0.25) is 0 Å². The van der Waals surface area contributed by atoms with Crippen LogP contribution in [0.3, 0.4) is 0 Å². The largest absolute Gasteiger partial charge is 0.389 e. The lowest BCUT2D eigenvalue weighted by Crippen LogP contribution is -2.00. The van der Waals surface area contributed by atoms with E-state index in [1.807, 2.05) is 6.92 Å². The first kappa shape index (κ1) is 10.7. The quantitative estimate of drug-likeness (QED) is 0.850. The summed E-state index contributed by atoms with van der Waals surface area (Å²) in [6.45, 7) is 3.55. The second-order valence-corrected chi connectivity index (χ2v) is 3.76. The van der Waals surface area contributed by atoms with E-state index in [1.165, 1.54) is 6.07 Å². The van der Waals surface area contributed by atoms with Gasteiger partial charge in [0.1, 0.15) is 5.82 Å². The number of aliphatic hydroxyl groups excluding tert-OH is 1. The molecule has 1 atom stereocenters. The van der Waals surface area contributed by atoms with Crippen molar-refractivity contribution in [3.8, 4) is 0 Å². The maximum absolute atomic E-state index is 13.2. The summed E-state index contributed by atoms with van der Waals surface area (Å²) < 4.78 is 13.9. The molecule has 0 radical (unpaired) electrons. The van der Waals surface area contributed by atoms with Crippen LogP contribution in [0.25, 0.3) is 0 Å². The van der Waals surface area contributed by atoms with E-state index in [-0.39, 0.29) is 5.82 Å². The molecule has 0 spiro atoms. The Hall–Kier alpha value is -0.410. The Kier molecular flexibility index (Phi) is 3.45. The lowest BCUT2D eigenvalue weighted by atomic mass is 10.0. The number of benzene rings is 1. The Labute approximate surface area is 85.7 Å². The summed E-state index contributed by atoms with van der Waals surface area (Å²) in [7, 11) is 0. The van der Waals surface area contributed by atoms with E-state index >= 15 is 0 Å². The fourth-order valence-corrected chi connectivity index (χ4v) is 2.20. The molecule has 3 heteroatoms. The summed E-state index contributed by atoms with van der Waals surface area (Å²) in [6.07, 6.45) is 0.0431. The van der Waals surface area contributed by atoms with Gasteiger partial charge in [0.2, 0.25) is 0 Å². The molecule has 1 nitrogen and oxygen atoms in total. The van der Waals surface area contributed by atoms with Crippen molar-refractivity contribution in [1.82, 2.24) is 0 Å². The molecule has 0 aliphatic carbocycles. The van der Waals surface area contributed by atoms with Crippen molar-refractivity contribution in [2.75, 3.05) is 0 Å². The number of aryl methyl sites for hydroxylation is 1. The predicted molar refractivity (Wildman–Crippen MR) is 54.1 cm³/mol. The van der Waals surface area contributed by atoms with E-state index in [1.54, 1.807) is 13.0 Å². The molecule has 0 saturated carbocycles. The van der Waals surface area contributed by atoms with Crippen LogP contribution in [0.5, 0.6) is 0 Å². The molecule has 0 aliphatic heterocycles. The molecule has 0 amide bonds. The highest BCUT2D eigenvalue weighted by molar-refractivity contribution is 9.10. The Balaban J connectivity index is 3.30. The Morgan fingerprint density at radius 3 is 2.62 bits per heavy atom. The summed E-state index contributed by atoms with van der Waals surface area (Å²) in [4.78, 5) is 0. The topological polar surface area (TPSA) is 20.2 Å². The third kappa shape index (κ3) is 2.09. The highest BCUT2D eigenvalue weighted by atomic mass is 79.9. The molecule has 72 valence electrons. The molecule has 0 saturated heterocycles. The third-order valence-corrected chi connectivity index (χ3v) is 2.94. The maximum Gasteiger partial charge on any atom is 0.130 e. The van der Waals surface area contributed by atoms with Crippen molar-refractivity contribution in [1.29, 1.82) is 0 Å². The number of halogens is 2. The first-order chi connectivity index (χ1) is 6.07. The average Bonchev–Trinajstić information content (AvgIpc) is 2.04. The van der Waals surface area contributed by atoms with Crippen LogP contribution in [0.2, 0.25) is 0 Å². The second kappa shape index (κ2) is 4.20. The lowest BCUT2D eigenvalue weighted by Gasteiger charge is -2.11. The average molecular weight is 247 g/mol. The van der Waals surface area contributed by atoms with Crippen LogP contribution in [0, 0.1) is 5.82 Å². The van der Waals surface area contributed by atoms with Gasteiger partial charge in [-0.05, 0) is 25.0 Å². The minimum Gasteiger partial charge on any atom is -0.389 e. The van der Waals surface area contributed by atoms with Gasteiger partial charge in [0, 0.05) is 10.0 Å². The van der Waals surface area contributed by atoms with Gasteiger partial charge in [-0.15, -0.1) is 0 Å². The van der Waals surface area contributed by atoms with Crippen molar-refractivity contribution in [2.45, 2.75) is 26.4 Å². The zero-order valence-corrected chi connectivity index (χ0v) is 9.23. The zero-order chi connectivity index (χ0) is 10.0. The molecule has 1 N–H and O–H groups in total. The monoisotopic (exact) mass is 246 g/mol. The summed E-state index contributed by atoms with van der Waals surface area (Å²) in [5, 5.41) is 9.34. The Morgan fingerprint density at radius 1 is 1.54 bits per heavy atom. The second-order valence-electron chi connectivity index (χ2n) is 2.96. The van der Waals surface area contributed by atoms with Gasteiger partial charge < -0.3 is 5.11 Å². The van der Waals surface area contributed by atoms with Crippen molar-refractivity contribution in [2.24, 2.45) is 0 Å². The van der Waals surface area contributed by atoms with Crippen LogP contribution in [0.15, 0.2) is 16.6 Å². The van der Waals surface area contributed by atoms with Gasteiger partial charge in [-0.2, -0.15) is 0 Å². The van der Waals surface area contributed by atoms with Gasteiger partial charge in [0.15, 0.2) is 0 Å². The molecule has 0 aromatic heterocycles. The van der Waals surface area contributed by atoms with Crippen LogP contribution >= 0.6 is 15.9 Å². The molecular formula is C10H12BrFO. The lowest BCUT2D eigenvalue weighted by molar-refractivity contribution is 0.193. The highest BCUT2D eigenvalue weighted by Crippen LogP contribution is 2.29. The predicted octanol–water partition coefficient (Wildman–Crippen LogP) is 3.20. The first-order valence-corrected chi connectivity index (χ1v) is 5.02. The van der Waals surface area contributed by atoms with Gasteiger partial charge in [-0.1, -0.05) is 28.9 Å². The van der Waals surface area contributed by atoms with Crippen LogP contribution in [-0.2, 0) is 6.42 Å². The minimum atomic E-state index is -0.777. The summed E-state index contributed by atoms with van der Waals surface area (Å²) in [5.41, 5.74) is 1.36. The normalized spacial score (nSPS) is 13.0. The number of aliphatic hydroxyl groups is 1. The molecular weight excluding hydrogens is 235 g/mol. The number of hydrogen-bond donors (Lipinski definition) is 1. The fourth-order valence-electron chi connectivity index (χ4n) is 1.27. The van der Waals surface area contributed by atoms with E-state index in [0.29, 0.717) is 10.0 Å². The highest BCUT2D eigenvalue weighted by Gasteiger charge is 2.14. The van der Waals surface area contributed by atoms with Gasteiger partial charge >= 0.3 is 0 Å². The van der Waals surface area contributed by atoms with E-state index in [0.717, 1.165) is 12.0 Å². The SMILES string of the molecule is CCc1ccc(F)c(C(C)O)c1Br. The summed E-state index contributed by atoms with van der Waals surface area (Å²) >= 11 is 3.29. The Bertz CT molecular complexity index is 310. The van der Waals surface area contributed by atoms with Gasteiger partial charge in [0.05, 0.1) is 6.10 Å². The van der Waals surface area contributed by atoms with Gasteiger partial charge in [-0.25, -0.2) is 4.39 Å². The van der Waals surface area contributed by atoms with E-state index < -0.39 is 6.10 Å². The molecule has 0 heterocycles. The molecule has 0 aliphatic rings. The molecule has 1 aromatic rings. The zero-order valence-electron chi connectivity index (χ0n) is 7.64. The molecule has 13 heavy (non-hydrogen) atoms. The smallest absolute Gasteiger partial charge is 0.130 e. The van der Waals surface area contributed by atoms with Crippen LogP contribution in [-0.4, -0.2) is 5.11 Å². The standard InChI is InChI=1S/C10H12BrFO/c1-3-7-4-5-8(12)9(6(2)13)10(7)11/h4-6,13H,3H2,1-2H3. The third-order valence-electron chi connectivity index (χ3n) is 2.01. The number of rotatable bonds is 2. The van der Waals surface area contributed by atoms with Crippen molar-refractivity contribution < 1.29 is 9.50 Å². The molecule has 1 aromatic carbocycles. The first-order valence-electron chi connectivity index (χ1n) is 4.22. The van der Waals surface area contributed by atoms with E-state index in [9.17, 15) is 9.50 Å². The maximum atomic E-state index is 13.2. The number of hydrogen-bond acceptors (Lipinski definition) is 1. The van der Waals surface area contributed by atoms with Crippen LogP contribution < -0.4 is 0 Å². The fraction of sp³-hybridized carbons (Fsp3) is 0.400. The van der Waals surface area contributed by atoms with Crippen molar-refractivity contribution in [3.63, 3.8) is 0 Å². The van der Waals surface area contributed by atoms with Crippen molar-refractivity contribution in [3.05, 3.63) is 33.5 Å². The molecule has 0 fully saturated rings. The summed E-state index contributed by atoms with van der Waals surface area (Å²) in [6, 6.07) is 3.12. The Morgan fingerprint density at radius 2 is 2.15 bits per heavy atom. The van der Waals surface area contributed by atoms with Crippen molar-refractivity contribution >= 4 is 15.9 Å².